The van der Waals surface area contributed by atoms with E-state index in [0.29, 0.717) is 0 Å². The Morgan fingerprint density at radius 2 is 1.20 bits per heavy atom. The van der Waals surface area contributed by atoms with Gasteiger partial charge in [0.2, 0.25) is 0 Å². The van der Waals surface area contributed by atoms with E-state index in [0.717, 1.165) is 23.5 Å². The highest BCUT2D eigenvalue weighted by molar-refractivity contribution is 5.72. The molecule has 20 heavy (non-hydrogen) atoms. The Hall–Kier alpha value is -2.55. The Labute approximate surface area is 119 Å². The maximum atomic E-state index is 11.0. The van der Waals surface area contributed by atoms with E-state index < -0.39 is 0 Å². The highest BCUT2D eigenvalue weighted by Crippen LogP contribution is 2.22. The molecule has 0 saturated carbocycles. The van der Waals surface area contributed by atoms with Gasteiger partial charge < -0.3 is 9.80 Å². The molecule has 0 unspecified atom stereocenters. The lowest BCUT2D eigenvalue weighted by atomic mass is 10.2. The van der Waals surface area contributed by atoms with Gasteiger partial charge in [-0.2, -0.15) is 0 Å². The average Bonchev–Trinajstić information content (AvgIpc) is 2.53. The highest BCUT2D eigenvalue weighted by Gasteiger charge is 2.12. The zero-order chi connectivity index (χ0) is 14.4. The molecule has 0 aromatic heterocycles. The number of anilines is 2. The van der Waals surface area contributed by atoms with Gasteiger partial charge in [0.1, 0.15) is 12.1 Å². The Morgan fingerprint density at radius 3 is 1.55 bits per heavy atom. The van der Waals surface area contributed by atoms with Crippen molar-refractivity contribution in [2.45, 2.75) is 0 Å². The molecule has 0 saturated heterocycles. The van der Waals surface area contributed by atoms with Crippen LogP contribution in [0.5, 0.6) is 0 Å². The number of benzene rings is 2. The molecule has 0 aliphatic rings. The number of nitrogens with zero attached hydrogens (tertiary/aromatic N) is 2. The molecular formula is C17H18N2O. The smallest absolute Gasteiger partial charge is 0.146 e. The van der Waals surface area contributed by atoms with Crippen molar-refractivity contribution in [3.8, 4) is 0 Å². The highest BCUT2D eigenvalue weighted by atomic mass is 16.1. The molecule has 0 spiro atoms. The van der Waals surface area contributed by atoms with Gasteiger partial charge in [0.25, 0.3) is 0 Å². The summed E-state index contributed by atoms with van der Waals surface area (Å²) in [5, 5.41) is 0. The van der Waals surface area contributed by atoms with Crippen LogP contribution in [0.4, 0.5) is 11.4 Å². The van der Waals surface area contributed by atoms with Gasteiger partial charge >= 0.3 is 0 Å². The molecular weight excluding hydrogens is 248 g/mol. The number of hydrogen-bond acceptors (Lipinski definition) is 3. The van der Waals surface area contributed by atoms with Crippen LogP contribution in [-0.4, -0.2) is 20.4 Å². The van der Waals surface area contributed by atoms with Gasteiger partial charge in [-0.1, -0.05) is 36.4 Å². The summed E-state index contributed by atoms with van der Waals surface area (Å²) in [6.07, 6.45) is 2.38. The molecule has 2 aromatic rings. The Balaban J connectivity index is 2.33. The topological polar surface area (TPSA) is 23.6 Å². The van der Waals surface area contributed by atoms with E-state index in [1.165, 1.54) is 0 Å². The van der Waals surface area contributed by atoms with Gasteiger partial charge in [-0.3, -0.25) is 4.79 Å². The van der Waals surface area contributed by atoms with Crippen molar-refractivity contribution in [3.63, 3.8) is 0 Å². The summed E-state index contributed by atoms with van der Waals surface area (Å²) < 4.78 is 0. The van der Waals surface area contributed by atoms with Gasteiger partial charge in [0, 0.05) is 31.5 Å². The Bertz CT molecular complexity index is 531. The van der Waals surface area contributed by atoms with Gasteiger partial charge in [-0.25, -0.2) is 0 Å². The molecule has 2 rings (SSSR count). The molecule has 3 nitrogen and oxygen atoms in total. The number of para-hydroxylation sites is 2. The minimum Gasteiger partial charge on any atom is -0.331 e. The second-order valence-electron chi connectivity index (χ2n) is 4.45. The lowest BCUT2D eigenvalue weighted by molar-refractivity contribution is -0.104. The van der Waals surface area contributed by atoms with Crippen LogP contribution in [0.15, 0.2) is 72.6 Å². The maximum absolute atomic E-state index is 11.0. The Morgan fingerprint density at radius 1 is 0.800 bits per heavy atom. The summed E-state index contributed by atoms with van der Waals surface area (Å²) in [6.45, 7) is 0. The number of rotatable bonds is 5. The van der Waals surface area contributed by atoms with Crippen LogP contribution in [0.25, 0.3) is 0 Å². The zero-order valence-electron chi connectivity index (χ0n) is 11.7. The van der Waals surface area contributed by atoms with Crippen molar-refractivity contribution in [2.24, 2.45) is 0 Å². The number of carbonyl (C=O) groups excluding carboxylic acids is 1. The summed E-state index contributed by atoms with van der Waals surface area (Å²) in [6, 6.07) is 19.9. The molecule has 102 valence electrons. The predicted molar refractivity (Wildman–Crippen MR) is 83.8 cm³/mol. The summed E-state index contributed by atoms with van der Waals surface area (Å²) in [5.41, 5.74) is 2.06. The van der Waals surface area contributed by atoms with E-state index in [1.807, 2.05) is 84.6 Å². The fourth-order valence-corrected chi connectivity index (χ4v) is 2.08. The van der Waals surface area contributed by atoms with E-state index >= 15 is 0 Å². The molecule has 0 radical (unpaired) electrons. The standard InChI is InChI=1S/C17H18N2O/c1-18(15-9-5-3-6-10-15)17(13-14-20)19(2)16-11-7-4-8-12-16/h3-14H,1-2H3. The van der Waals surface area contributed by atoms with E-state index in [9.17, 15) is 4.79 Å². The van der Waals surface area contributed by atoms with E-state index in [1.54, 1.807) is 6.08 Å². The van der Waals surface area contributed by atoms with Gasteiger partial charge in [0.05, 0.1) is 0 Å². The van der Waals surface area contributed by atoms with E-state index in [-0.39, 0.29) is 0 Å². The minimum atomic E-state index is 0.814. The molecule has 0 N–H and O–H groups in total. The van der Waals surface area contributed by atoms with Crippen LogP contribution in [0.1, 0.15) is 0 Å². The average molecular weight is 266 g/mol. The number of allylic oxidation sites excluding steroid dienone is 1. The van der Waals surface area contributed by atoms with Gasteiger partial charge in [0.15, 0.2) is 0 Å². The number of hydrogen-bond donors (Lipinski definition) is 0. The molecule has 0 bridgehead atoms. The fraction of sp³-hybridized carbons (Fsp3) is 0.118. The van der Waals surface area contributed by atoms with Crippen LogP contribution >= 0.6 is 0 Å². The third-order valence-electron chi connectivity index (χ3n) is 3.19. The minimum absolute atomic E-state index is 0.814. The van der Waals surface area contributed by atoms with Crippen molar-refractivity contribution in [3.05, 3.63) is 72.6 Å². The van der Waals surface area contributed by atoms with Crippen LogP contribution in [0, 0.1) is 0 Å². The molecule has 2 aromatic carbocycles. The van der Waals surface area contributed by atoms with Crippen LogP contribution in [0.2, 0.25) is 0 Å². The van der Waals surface area contributed by atoms with Crippen LogP contribution in [-0.2, 0) is 4.79 Å². The fourth-order valence-electron chi connectivity index (χ4n) is 2.08. The molecule has 0 amide bonds. The largest absolute Gasteiger partial charge is 0.331 e. The monoisotopic (exact) mass is 266 g/mol. The molecule has 0 fully saturated rings. The second-order valence-corrected chi connectivity index (χ2v) is 4.45. The maximum Gasteiger partial charge on any atom is 0.146 e. The Kier molecular flexibility index (Phi) is 4.56. The number of carbonyl (C=O) groups is 1. The molecule has 3 heteroatoms. The zero-order valence-corrected chi connectivity index (χ0v) is 11.7. The second kappa shape index (κ2) is 6.57. The number of aldehydes is 1. The SMILES string of the molecule is CN(C(=CC=O)N(C)c1ccccc1)c1ccccc1. The van der Waals surface area contributed by atoms with Crippen molar-refractivity contribution >= 4 is 17.7 Å². The molecule has 0 aliphatic heterocycles. The van der Waals surface area contributed by atoms with Crippen molar-refractivity contribution < 1.29 is 4.79 Å². The molecule has 0 aliphatic carbocycles. The summed E-state index contributed by atoms with van der Waals surface area (Å²) in [7, 11) is 3.90. The summed E-state index contributed by atoms with van der Waals surface area (Å²) >= 11 is 0. The quantitative estimate of drug-likeness (QED) is 0.613. The third-order valence-corrected chi connectivity index (χ3v) is 3.19. The summed E-state index contributed by atoms with van der Waals surface area (Å²) in [5.74, 6) is 0.817. The first-order valence-electron chi connectivity index (χ1n) is 6.47. The third kappa shape index (κ3) is 3.06. The van der Waals surface area contributed by atoms with E-state index in [4.69, 9.17) is 0 Å². The molecule has 0 atom stereocenters. The first kappa shape index (κ1) is 13.9. The lowest BCUT2D eigenvalue weighted by Crippen LogP contribution is -2.30. The van der Waals surface area contributed by atoms with Gasteiger partial charge in [-0.05, 0) is 24.3 Å². The normalized spacial score (nSPS) is 9.70. The first-order valence-corrected chi connectivity index (χ1v) is 6.47. The van der Waals surface area contributed by atoms with Crippen molar-refractivity contribution in [1.29, 1.82) is 0 Å². The van der Waals surface area contributed by atoms with Crippen LogP contribution < -0.4 is 9.80 Å². The predicted octanol–water partition coefficient (Wildman–Crippen LogP) is 3.30. The summed E-state index contributed by atoms with van der Waals surface area (Å²) in [4.78, 5) is 14.9. The first-order chi connectivity index (χ1) is 9.74. The van der Waals surface area contributed by atoms with Crippen molar-refractivity contribution in [2.75, 3.05) is 23.9 Å². The van der Waals surface area contributed by atoms with E-state index in [2.05, 4.69) is 0 Å². The van der Waals surface area contributed by atoms with Gasteiger partial charge in [-0.15, -0.1) is 0 Å². The van der Waals surface area contributed by atoms with Crippen LogP contribution in [0.3, 0.4) is 0 Å². The lowest BCUT2D eigenvalue weighted by Gasteiger charge is -2.30. The molecule has 0 heterocycles. The van der Waals surface area contributed by atoms with Crippen molar-refractivity contribution in [1.82, 2.24) is 0 Å².